The summed E-state index contributed by atoms with van der Waals surface area (Å²) in [6.07, 6.45) is 4.89. The summed E-state index contributed by atoms with van der Waals surface area (Å²) in [4.78, 5) is 24.1. The standard InChI is InChI=1S/C27H28ClN5O2S/c1-33(2)14-8-13-22(34)31-20-12-7-11-19(15-20)23-24-26(29-17-30-27(24)36-25(23)28)32-21(16-35-3)18-9-5-4-6-10-18/h4-13,15,17,21H,14,16H2,1-3H3,(H,31,34)(H,29,30,32). The maximum atomic E-state index is 12.4. The molecule has 1 atom stereocenters. The first-order valence-electron chi connectivity index (χ1n) is 11.4. The first kappa shape index (κ1) is 25.8. The van der Waals surface area contributed by atoms with Gasteiger partial charge in [0.1, 0.15) is 21.3 Å². The van der Waals surface area contributed by atoms with Gasteiger partial charge in [0.15, 0.2) is 0 Å². The van der Waals surface area contributed by atoms with Crippen LogP contribution < -0.4 is 10.6 Å². The molecule has 36 heavy (non-hydrogen) atoms. The van der Waals surface area contributed by atoms with Gasteiger partial charge >= 0.3 is 0 Å². The average molecular weight is 522 g/mol. The third kappa shape index (κ3) is 6.27. The van der Waals surface area contributed by atoms with Gasteiger partial charge in [-0.1, -0.05) is 60.1 Å². The van der Waals surface area contributed by atoms with Crippen LogP contribution in [0.5, 0.6) is 0 Å². The van der Waals surface area contributed by atoms with Crippen molar-refractivity contribution in [2.45, 2.75) is 6.04 Å². The van der Waals surface area contributed by atoms with Crippen LogP contribution in [0.25, 0.3) is 21.3 Å². The van der Waals surface area contributed by atoms with E-state index in [0.717, 1.165) is 26.9 Å². The fraction of sp³-hybridized carbons (Fsp3) is 0.222. The van der Waals surface area contributed by atoms with Gasteiger partial charge in [0, 0.05) is 31.0 Å². The lowest BCUT2D eigenvalue weighted by molar-refractivity contribution is -0.111. The zero-order valence-electron chi connectivity index (χ0n) is 20.4. The number of hydrogen-bond acceptors (Lipinski definition) is 7. The highest BCUT2D eigenvalue weighted by Crippen LogP contribution is 2.44. The van der Waals surface area contributed by atoms with Gasteiger partial charge in [-0.2, -0.15) is 0 Å². The van der Waals surface area contributed by atoms with E-state index in [2.05, 4.69) is 32.7 Å². The van der Waals surface area contributed by atoms with Gasteiger partial charge in [-0.3, -0.25) is 4.79 Å². The molecule has 2 aromatic carbocycles. The second-order valence-corrected chi connectivity index (χ2v) is 10.1. The number of ether oxygens (including phenoxy) is 1. The molecule has 0 spiro atoms. The molecule has 4 aromatic rings. The van der Waals surface area contributed by atoms with Crippen molar-refractivity contribution in [3.8, 4) is 11.1 Å². The van der Waals surface area contributed by atoms with Gasteiger partial charge in [-0.15, -0.1) is 11.3 Å². The average Bonchev–Trinajstić information content (AvgIpc) is 3.21. The normalized spacial score (nSPS) is 12.4. The minimum atomic E-state index is -0.189. The molecule has 186 valence electrons. The predicted octanol–water partition coefficient (Wildman–Crippen LogP) is 5.87. The molecule has 4 rings (SSSR count). The summed E-state index contributed by atoms with van der Waals surface area (Å²) in [6.45, 7) is 1.15. The van der Waals surface area contributed by atoms with E-state index in [-0.39, 0.29) is 11.9 Å². The van der Waals surface area contributed by atoms with Crippen molar-refractivity contribution in [2.24, 2.45) is 0 Å². The van der Waals surface area contributed by atoms with Crippen molar-refractivity contribution in [3.05, 3.63) is 83.0 Å². The Bertz CT molecular complexity index is 1360. The quantitative estimate of drug-likeness (QED) is 0.254. The number of benzene rings is 2. The highest BCUT2D eigenvalue weighted by molar-refractivity contribution is 7.23. The monoisotopic (exact) mass is 521 g/mol. The largest absolute Gasteiger partial charge is 0.382 e. The fourth-order valence-corrected chi connectivity index (χ4v) is 5.13. The van der Waals surface area contributed by atoms with Crippen molar-refractivity contribution in [3.63, 3.8) is 0 Å². The van der Waals surface area contributed by atoms with E-state index < -0.39 is 0 Å². The summed E-state index contributed by atoms with van der Waals surface area (Å²) in [5.41, 5.74) is 3.45. The van der Waals surface area contributed by atoms with Crippen molar-refractivity contribution in [1.29, 1.82) is 0 Å². The lowest BCUT2D eigenvalue weighted by Gasteiger charge is -2.20. The van der Waals surface area contributed by atoms with Gasteiger partial charge in [-0.25, -0.2) is 9.97 Å². The molecule has 1 unspecified atom stereocenters. The Labute approximate surface area is 219 Å². The second-order valence-electron chi connectivity index (χ2n) is 8.45. The lowest BCUT2D eigenvalue weighted by atomic mass is 10.0. The molecule has 2 N–H and O–H groups in total. The molecule has 1 amide bonds. The summed E-state index contributed by atoms with van der Waals surface area (Å²) in [5.74, 6) is 0.483. The van der Waals surface area contributed by atoms with E-state index >= 15 is 0 Å². The molecular formula is C27H28ClN5O2S. The molecule has 0 aliphatic heterocycles. The van der Waals surface area contributed by atoms with Crippen LogP contribution >= 0.6 is 22.9 Å². The number of anilines is 2. The summed E-state index contributed by atoms with van der Waals surface area (Å²) in [5, 5.41) is 7.29. The van der Waals surface area contributed by atoms with E-state index in [1.54, 1.807) is 7.11 Å². The smallest absolute Gasteiger partial charge is 0.248 e. The highest BCUT2D eigenvalue weighted by atomic mass is 35.5. The summed E-state index contributed by atoms with van der Waals surface area (Å²) in [6, 6.07) is 17.6. The zero-order valence-corrected chi connectivity index (χ0v) is 21.9. The molecule has 0 fully saturated rings. The third-order valence-electron chi connectivity index (χ3n) is 5.45. The number of likely N-dealkylation sites (N-methyl/N-ethyl adjacent to an activating group) is 1. The molecule has 9 heteroatoms. The Balaban J connectivity index is 1.68. The summed E-state index contributed by atoms with van der Waals surface area (Å²) in [7, 11) is 5.57. The maximum absolute atomic E-state index is 12.4. The lowest BCUT2D eigenvalue weighted by Crippen LogP contribution is -2.17. The molecule has 2 heterocycles. The maximum Gasteiger partial charge on any atom is 0.248 e. The van der Waals surface area contributed by atoms with E-state index in [4.69, 9.17) is 16.3 Å². The molecule has 2 aromatic heterocycles. The Kier molecular flexibility index (Phi) is 8.66. The highest BCUT2D eigenvalue weighted by Gasteiger charge is 2.21. The number of thiophene rings is 1. The number of methoxy groups -OCH3 is 1. The van der Waals surface area contributed by atoms with Gasteiger partial charge in [0.2, 0.25) is 5.91 Å². The molecule has 0 radical (unpaired) electrons. The zero-order chi connectivity index (χ0) is 25.5. The minimum absolute atomic E-state index is 0.111. The van der Waals surface area contributed by atoms with E-state index in [9.17, 15) is 4.79 Å². The summed E-state index contributed by atoms with van der Waals surface area (Å²) >= 11 is 8.14. The van der Waals surface area contributed by atoms with Gasteiger partial charge in [-0.05, 0) is 37.4 Å². The van der Waals surface area contributed by atoms with Crippen LogP contribution in [0, 0.1) is 0 Å². The number of carbonyl (C=O) groups excluding carboxylic acids is 1. The van der Waals surface area contributed by atoms with Gasteiger partial charge < -0.3 is 20.3 Å². The van der Waals surface area contributed by atoms with Crippen LogP contribution in [0.1, 0.15) is 11.6 Å². The first-order chi connectivity index (χ1) is 17.5. The van der Waals surface area contributed by atoms with E-state index in [1.165, 1.54) is 23.7 Å². The van der Waals surface area contributed by atoms with Crippen LogP contribution in [0.3, 0.4) is 0 Å². The molecule has 0 aliphatic rings. The fourth-order valence-electron chi connectivity index (χ4n) is 3.82. The molecular weight excluding hydrogens is 494 g/mol. The van der Waals surface area contributed by atoms with Crippen LogP contribution in [0.2, 0.25) is 4.34 Å². The number of halogens is 1. The molecule has 7 nitrogen and oxygen atoms in total. The number of carbonyl (C=O) groups is 1. The van der Waals surface area contributed by atoms with E-state index in [0.29, 0.717) is 29.0 Å². The number of hydrogen-bond donors (Lipinski definition) is 2. The van der Waals surface area contributed by atoms with Crippen molar-refractivity contribution in [2.75, 3.05) is 45.0 Å². The van der Waals surface area contributed by atoms with Crippen molar-refractivity contribution < 1.29 is 9.53 Å². The molecule has 0 saturated heterocycles. The summed E-state index contributed by atoms with van der Waals surface area (Å²) < 4.78 is 6.08. The molecule has 0 saturated carbocycles. The predicted molar refractivity (Wildman–Crippen MR) is 149 cm³/mol. The number of rotatable bonds is 10. The van der Waals surface area contributed by atoms with Crippen LogP contribution in [0.15, 0.2) is 73.1 Å². The third-order valence-corrected chi connectivity index (χ3v) is 6.76. The Morgan fingerprint density at radius 2 is 1.97 bits per heavy atom. The van der Waals surface area contributed by atoms with Crippen molar-refractivity contribution >= 4 is 50.6 Å². The number of nitrogens with one attached hydrogen (secondary N) is 2. The van der Waals surface area contributed by atoms with Gasteiger partial charge in [0.05, 0.1) is 18.0 Å². The Hall–Kier alpha value is -3.30. The van der Waals surface area contributed by atoms with Crippen LogP contribution in [-0.2, 0) is 9.53 Å². The number of amides is 1. The molecule has 0 aliphatic carbocycles. The topological polar surface area (TPSA) is 79.4 Å². The van der Waals surface area contributed by atoms with Gasteiger partial charge in [0.25, 0.3) is 0 Å². The van der Waals surface area contributed by atoms with E-state index in [1.807, 2.05) is 67.5 Å². The SMILES string of the molecule is COCC(Nc1ncnc2sc(Cl)c(-c3cccc(NC(=O)C=CCN(C)C)c3)c12)c1ccccc1. The minimum Gasteiger partial charge on any atom is -0.382 e. The number of nitrogens with zero attached hydrogens (tertiary/aromatic N) is 3. The number of fused-ring (bicyclic) bond motifs is 1. The number of aromatic nitrogens is 2. The second kappa shape index (κ2) is 12.1. The molecule has 0 bridgehead atoms. The Morgan fingerprint density at radius 1 is 1.17 bits per heavy atom. The first-order valence-corrected chi connectivity index (χ1v) is 12.6. The van der Waals surface area contributed by atoms with Crippen LogP contribution in [-0.4, -0.2) is 55.1 Å². The van der Waals surface area contributed by atoms with Crippen LogP contribution in [0.4, 0.5) is 11.5 Å². The van der Waals surface area contributed by atoms with Crippen molar-refractivity contribution in [1.82, 2.24) is 14.9 Å². The Morgan fingerprint density at radius 3 is 2.72 bits per heavy atom.